The summed E-state index contributed by atoms with van der Waals surface area (Å²) in [5.74, 6) is 0.150. The second-order valence-corrected chi connectivity index (χ2v) is 11.1. The molecule has 0 unspecified atom stereocenters. The smallest absolute Gasteiger partial charge is 0.388 e. The largest absolute Gasteiger partial charge is 0.419 e. The Balaban J connectivity index is 1.18. The van der Waals surface area contributed by atoms with Crippen molar-refractivity contribution in [2.75, 3.05) is 13.1 Å². The number of carbonyl (C=O) groups excluding carboxylic acids is 1. The van der Waals surface area contributed by atoms with Gasteiger partial charge in [-0.05, 0) is 49.9 Å². The van der Waals surface area contributed by atoms with Gasteiger partial charge < -0.3 is 10.0 Å². The van der Waals surface area contributed by atoms with E-state index < -0.39 is 17.3 Å². The van der Waals surface area contributed by atoms with Gasteiger partial charge in [0.2, 0.25) is 5.91 Å². The van der Waals surface area contributed by atoms with Gasteiger partial charge in [0, 0.05) is 24.7 Å². The number of likely N-dealkylation sites (tertiary alicyclic amines) is 1. The standard InChI is InChI=1S/C27H28F3N7O3/c1-25(7-2-8-25)24(39)34-11-9-26(40,10-12-34)16-35-17-31-22-21(23(35)38)14-33-37(22)20-5-3-19(4-6-20)36-15-18(13-32-36)27(28,29)30/h3-6,13-15,17,40H,2,7-12,16H2,1H3. The fourth-order valence-electron chi connectivity index (χ4n) is 5.51. The monoisotopic (exact) mass is 555 g/mol. The van der Waals surface area contributed by atoms with Crippen LogP contribution in [-0.4, -0.2) is 63.7 Å². The highest BCUT2D eigenvalue weighted by Gasteiger charge is 2.44. The Morgan fingerprint density at radius 1 is 1.02 bits per heavy atom. The topological polar surface area (TPSA) is 111 Å². The van der Waals surface area contributed by atoms with Crippen LogP contribution >= 0.6 is 0 Å². The molecule has 1 aliphatic heterocycles. The van der Waals surface area contributed by atoms with Gasteiger partial charge in [-0.1, -0.05) is 13.3 Å². The number of aliphatic hydroxyl groups is 1. The highest BCUT2D eigenvalue weighted by atomic mass is 19.4. The second-order valence-electron chi connectivity index (χ2n) is 11.1. The Kier molecular flexibility index (Phi) is 6.09. The van der Waals surface area contributed by atoms with E-state index in [9.17, 15) is 27.9 Å². The van der Waals surface area contributed by atoms with Gasteiger partial charge in [-0.2, -0.15) is 23.4 Å². The predicted molar refractivity (Wildman–Crippen MR) is 138 cm³/mol. The SMILES string of the molecule is CC1(C(=O)N2CCC(O)(Cn3cnc4c(cnn4-c4ccc(-n5cc(C(F)(F)F)cn5)cc4)c3=O)CC2)CCC1. The summed E-state index contributed by atoms with van der Waals surface area (Å²) < 4.78 is 42.7. The van der Waals surface area contributed by atoms with Crippen molar-refractivity contribution in [3.8, 4) is 11.4 Å². The molecule has 1 N–H and O–H groups in total. The molecule has 40 heavy (non-hydrogen) atoms. The Bertz CT molecular complexity index is 1630. The van der Waals surface area contributed by atoms with E-state index in [4.69, 9.17) is 0 Å². The molecule has 13 heteroatoms. The van der Waals surface area contributed by atoms with Crippen molar-refractivity contribution in [3.05, 3.63) is 65.1 Å². The summed E-state index contributed by atoms with van der Waals surface area (Å²) in [6, 6.07) is 6.47. The van der Waals surface area contributed by atoms with E-state index >= 15 is 0 Å². The first-order valence-corrected chi connectivity index (χ1v) is 13.1. The first-order chi connectivity index (χ1) is 19.0. The first kappa shape index (κ1) is 26.2. The van der Waals surface area contributed by atoms with Crippen LogP contribution < -0.4 is 5.56 Å². The van der Waals surface area contributed by atoms with Crippen LogP contribution in [0, 0.1) is 5.41 Å². The van der Waals surface area contributed by atoms with Crippen molar-refractivity contribution in [1.29, 1.82) is 0 Å². The van der Waals surface area contributed by atoms with Crippen LogP contribution in [0.2, 0.25) is 0 Å². The minimum Gasteiger partial charge on any atom is -0.388 e. The van der Waals surface area contributed by atoms with Gasteiger partial charge >= 0.3 is 6.18 Å². The minimum atomic E-state index is -4.48. The third-order valence-corrected chi connectivity index (χ3v) is 8.24. The van der Waals surface area contributed by atoms with Crippen LogP contribution in [0.25, 0.3) is 22.4 Å². The number of benzene rings is 1. The zero-order valence-electron chi connectivity index (χ0n) is 21.8. The van der Waals surface area contributed by atoms with Gasteiger partial charge in [0.05, 0.1) is 41.5 Å². The van der Waals surface area contributed by atoms with Crippen molar-refractivity contribution >= 4 is 16.9 Å². The van der Waals surface area contributed by atoms with Crippen LogP contribution in [0.3, 0.4) is 0 Å². The van der Waals surface area contributed by atoms with E-state index in [-0.39, 0.29) is 28.8 Å². The van der Waals surface area contributed by atoms with Gasteiger partial charge in [-0.15, -0.1) is 0 Å². The molecule has 2 fully saturated rings. The summed E-state index contributed by atoms with van der Waals surface area (Å²) in [5.41, 5.74) is -1.32. The van der Waals surface area contributed by atoms with Crippen molar-refractivity contribution in [3.63, 3.8) is 0 Å². The maximum Gasteiger partial charge on any atom is 0.419 e. The maximum absolute atomic E-state index is 13.3. The Hall–Kier alpha value is -4.00. The summed E-state index contributed by atoms with van der Waals surface area (Å²) in [6.07, 6.45) is 3.58. The molecule has 0 spiro atoms. The highest BCUT2D eigenvalue weighted by molar-refractivity contribution is 5.83. The minimum absolute atomic E-state index is 0.0533. The van der Waals surface area contributed by atoms with E-state index in [0.717, 1.165) is 36.3 Å². The van der Waals surface area contributed by atoms with Crippen molar-refractivity contribution < 1.29 is 23.1 Å². The van der Waals surface area contributed by atoms with E-state index in [2.05, 4.69) is 15.2 Å². The lowest BCUT2D eigenvalue weighted by Gasteiger charge is -2.45. The Labute approximate surface area is 226 Å². The Morgan fingerprint density at radius 3 is 2.30 bits per heavy atom. The van der Waals surface area contributed by atoms with E-state index in [0.29, 0.717) is 43.0 Å². The summed E-state index contributed by atoms with van der Waals surface area (Å²) in [7, 11) is 0. The van der Waals surface area contributed by atoms with Crippen molar-refractivity contribution in [2.45, 2.75) is 57.3 Å². The van der Waals surface area contributed by atoms with Gasteiger partial charge in [0.25, 0.3) is 5.56 Å². The van der Waals surface area contributed by atoms with Gasteiger partial charge in [-0.3, -0.25) is 14.2 Å². The first-order valence-electron chi connectivity index (χ1n) is 13.1. The van der Waals surface area contributed by atoms with Crippen LogP contribution in [0.15, 0.2) is 54.0 Å². The number of rotatable bonds is 5. The summed E-state index contributed by atoms with van der Waals surface area (Å²) in [6.45, 7) is 2.94. The van der Waals surface area contributed by atoms with Crippen molar-refractivity contribution in [1.82, 2.24) is 34.0 Å². The molecule has 1 saturated heterocycles. The number of hydrogen-bond acceptors (Lipinski definition) is 6. The number of carbonyl (C=O) groups is 1. The summed E-state index contributed by atoms with van der Waals surface area (Å²) in [4.78, 5) is 32.3. The van der Waals surface area contributed by atoms with Crippen LogP contribution in [0.1, 0.15) is 44.6 Å². The third kappa shape index (κ3) is 4.57. The molecule has 0 bridgehead atoms. The third-order valence-electron chi connectivity index (χ3n) is 8.24. The van der Waals surface area contributed by atoms with E-state index in [1.807, 2.05) is 11.8 Å². The van der Waals surface area contributed by atoms with Gasteiger partial charge in [0.15, 0.2) is 5.65 Å². The lowest BCUT2D eigenvalue weighted by molar-refractivity contribution is -0.150. The molecule has 6 rings (SSSR count). The zero-order chi connectivity index (χ0) is 28.3. The molecule has 1 saturated carbocycles. The van der Waals surface area contributed by atoms with Crippen LogP contribution in [0.4, 0.5) is 13.2 Å². The van der Waals surface area contributed by atoms with Crippen molar-refractivity contribution in [2.24, 2.45) is 5.41 Å². The van der Waals surface area contributed by atoms with E-state index in [1.165, 1.54) is 21.8 Å². The lowest BCUT2D eigenvalue weighted by atomic mass is 9.69. The molecule has 4 heterocycles. The second kappa shape index (κ2) is 9.29. The fraction of sp³-hybridized carbons (Fsp3) is 0.444. The molecule has 1 aromatic carbocycles. The predicted octanol–water partition coefficient (Wildman–Crippen LogP) is 3.33. The average molecular weight is 556 g/mol. The number of nitrogens with zero attached hydrogens (tertiary/aromatic N) is 7. The van der Waals surface area contributed by atoms with Gasteiger partial charge in [0.1, 0.15) is 11.7 Å². The normalized spacial score (nSPS) is 18.6. The molecule has 3 aromatic heterocycles. The fourth-order valence-corrected chi connectivity index (χ4v) is 5.51. The number of fused-ring (bicyclic) bond motifs is 1. The molecule has 10 nitrogen and oxygen atoms in total. The Morgan fingerprint density at radius 2 is 1.70 bits per heavy atom. The quantitative estimate of drug-likeness (QED) is 0.405. The van der Waals surface area contributed by atoms with Crippen LogP contribution in [-0.2, 0) is 17.5 Å². The molecule has 1 aliphatic carbocycles. The summed E-state index contributed by atoms with van der Waals surface area (Å²) >= 11 is 0. The molecule has 2 aliphatic rings. The van der Waals surface area contributed by atoms with E-state index in [1.54, 1.807) is 24.3 Å². The average Bonchev–Trinajstić information content (AvgIpc) is 3.58. The molecule has 0 radical (unpaired) electrons. The number of amides is 1. The molecule has 210 valence electrons. The van der Waals surface area contributed by atoms with Gasteiger partial charge in [-0.25, -0.2) is 14.3 Å². The molecule has 0 atom stereocenters. The van der Waals surface area contributed by atoms with Crippen LogP contribution in [0.5, 0.6) is 0 Å². The number of hydrogen-bond donors (Lipinski definition) is 1. The molecular formula is C27H28F3N7O3. The molecular weight excluding hydrogens is 527 g/mol. The molecule has 1 amide bonds. The number of alkyl halides is 3. The maximum atomic E-state index is 13.3. The highest BCUT2D eigenvalue weighted by Crippen LogP contribution is 2.42. The summed E-state index contributed by atoms with van der Waals surface area (Å²) in [5, 5.41) is 19.6. The molecule has 4 aromatic rings. The zero-order valence-corrected chi connectivity index (χ0v) is 21.8. The number of piperidine rings is 1. The lowest BCUT2D eigenvalue weighted by Crippen LogP contribution is -2.54. The number of aromatic nitrogens is 6. The number of halogens is 3.